The lowest BCUT2D eigenvalue weighted by molar-refractivity contribution is 0.198. The predicted octanol–water partition coefficient (Wildman–Crippen LogP) is 1.72. The molecule has 2 aromatic heterocycles. The summed E-state index contributed by atoms with van der Waals surface area (Å²) in [7, 11) is 1.69. The van der Waals surface area contributed by atoms with Gasteiger partial charge in [-0.05, 0) is 27.8 Å². The van der Waals surface area contributed by atoms with Gasteiger partial charge in [-0.25, -0.2) is 4.68 Å². The van der Waals surface area contributed by atoms with Crippen molar-refractivity contribution in [2.75, 3.05) is 20.3 Å². The lowest BCUT2D eigenvalue weighted by Gasteiger charge is -2.20. The quantitative estimate of drug-likeness (QED) is 0.751. The highest BCUT2D eigenvalue weighted by molar-refractivity contribution is 7.10. The van der Waals surface area contributed by atoms with Crippen LogP contribution in [0.3, 0.4) is 0 Å². The molecule has 2 aromatic rings. The summed E-state index contributed by atoms with van der Waals surface area (Å²) in [4.78, 5) is 1.28. The summed E-state index contributed by atoms with van der Waals surface area (Å²) >= 11 is 1.74. The van der Waals surface area contributed by atoms with Crippen molar-refractivity contribution in [2.45, 2.75) is 26.4 Å². The smallest absolute Gasteiger partial charge is 0.165 e. The Bertz CT molecular complexity index is 497. The Balaban J connectivity index is 2.12. The van der Waals surface area contributed by atoms with E-state index in [9.17, 15) is 0 Å². The van der Waals surface area contributed by atoms with Gasteiger partial charge in [0.05, 0.1) is 19.2 Å². The lowest BCUT2D eigenvalue weighted by atomic mass is 10.0. The molecule has 2 heterocycles. The first-order chi connectivity index (χ1) is 9.74. The molecule has 1 N–H and O–H groups in total. The van der Waals surface area contributed by atoms with Crippen LogP contribution in [0.1, 0.15) is 30.6 Å². The average molecular weight is 295 g/mol. The molecule has 110 valence electrons. The summed E-state index contributed by atoms with van der Waals surface area (Å²) in [6, 6.07) is 4.39. The number of tetrazole rings is 1. The molecule has 0 spiro atoms. The van der Waals surface area contributed by atoms with Crippen molar-refractivity contribution >= 4 is 11.3 Å². The molecule has 0 aliphatic heterocycles. The maximum absolute atomic E-state index is 5.02. The maximum atomic E-state index is 5.02. The van der Waals surface area contributed by atoms with E-state index in [1.807, 2.05) is 4.68 Å². The van der Waals surface area contributed by atoms with Gasteiger partial charge in [0.2, 0.25) is 0 Å². The molecule has 0 aromatic carbocycles. The molecule has 0 amide bonds. The second kappa shape index (κ2) is 7.47. The number of ether oxygens (including phenoxy) is 1. The zero-order chi connectivity index (χ0) is 14.4. The highest BCUT2D eigenvalue weighted by Crippen LogP contribution is 2.29. The third kappa shape index (κ3) is 3.62. The van der Waals surface area contributed by atoms with E-state index in [1.165, 1.54) is 4.88 Å². The number of methoxy groups -OCH3 is 1. The molecular weight excluding hydrogens is 274 g/mol. The van der Waals surface area contributed by atoms with Gasteiger partial charge in [-0.2, -0.15) is 0 Å². The van der Waals surface area contributed by atoms with E-state index < -0.39 is 0 Å². The topological polar surface area (TPSA) is 64.9 Å². The monoisotopic (exact) mass is 295 g/mol. The lowest BCUT2D eigenvalue weighted by Crippen LogP contribution is -2.25. The van der Waals surface area contributed by atoms with E-state index in [-0.39, 0.29) is 6.04 Å². The van der Waals surface area contributed by atoms with E-state index >= 15 is 0 Å². The number of hydrogen-bond acceptors (Lipinski definition) is 6. The van der Waals surface area contributed by atoms with Gasteiger partial charge in [0, 0.05) is 18.5 Å². The Morgan fingerprint density at radius 2 is 2.30 bits per heavy atom. The Hall–Kier alpha value is -1.31. The summed E-state index contributed by atoms with van der Waals surface area (Å²) in [6.45, 7) is 6.49. The number of nitrogens with zero attached hydrogens (tertiary/aromatic N) is 4. The van der Waals surface area contributed by atoms with Gasteiger partial charge in [-0.3, -0.25) is 0 Å². The predicted molar refractivity (Wildman–Crippen MR) is 78.7 cm³/mol. The van der Waals surface area contributed by atoms with E-state index in [0.29, 0.717) is 19.1 Å². The molecule has 0 aliphatic carbocycles. The van der Waals surface area contributed by atoms with E-state index in [4.69, 9.17) is 4.74 Å². The Morgan fingerprint density at radius 3 is 2.95 bits per heavy atom. The first-order valence-corrected chi connectivity index (χ1v) is 7.61. The summed E-state index contributed by atoms with van der Waals surface area (Å²) in [5, 5.41) is 17.5. The fourth-order valence-electron chi connectivity index (χ4n) is 2.11. The first kappa shape index (κ1) is 15.1. The minimum Gasteiger partial charge on any atom is -0.383 e. The van der Waals surface area contributed by atoms with Crippen LogP contribution in [0, 0.1) is 5.92 Å². The van der Waals surface area contributed by atoms with Gasteiger partial charge in [0.15, 0.2) is 5.82 Å². The molecule has 1 unspecified atom stereocenters. The zero-order valence-electron chi connectivity index (χ0n) is 12.1. The fourth-order valence-corrected chi connectivity index (χ4v) is 3.09. The van der Waals surface area contributed by atoms with Crippen LogP contribution in [0.15, 0.2) is 17.5 Å². The molecule has 0 aliphatic rings. The molecule has 6 nitrogen and oxygen atoms in total. The largest absolute Gasteiger partial charge is 0.383 e. The number of thiophene rings is 1. The van der Waals surface area contributed by atoms with E-state index in [1.54, 1.807) is 18.4 Å². The summed E-state index contributed by atoms with van der Waals surface area (Å²) in [5.74, 6) is 1.28. The third-order valence-electron chi connectivity index (χ3n) is 3.06. The van der Waals surface area contributed by atoms with Crippen LogP contribution in [-0.2, 0) is 11.3 Å². The van der Waals surface area contributed by atoms with Gasteiger partial charge >= 0.3 is 0 Å². The SMILES string of the molecule is COCCNCc1nnnn1C(c1cccs1)C(C)C. The van der Waals surface area contributed by atoms with Crippen LogP contribution < -0.4 is 5.32 Å². The molecule has 0 saturated carbocycles. The molecule has 20 heavy (non-hydrogen) atoms. The Kier molecular flexibility index (Phi) is 5.63. The molecule has 1 atom stereocenters. The molecule has 0 bridgehead atoms. The molecule has 0 fully saturated rings. The summed E-state index contributed by atoms with van der Waals surface area (Å²) in [6.07, 6.45) is 0. The highest BCUT2D eigenvalue weighted by atomic mass is 32.1. The molecule has 0 radical (unpaired) electrons. The number of nitrogens with one attached hydrogen (secondary N) is 1. The van der Waals surface area contributed by atoms with Crippen molar-refractivity contribution in [2.24, 2.45) is 5.92 Å². The zero-order valence-corrected chi connectivity index (χ0v) is 12.9. The highest BCUT2D eigenvalue weighted by Gasteiger charge is 2.23. The standard InChI is InChI=1S/C13H21N5OS/c1-10(2)13(11-5-4-8-20-11)18-12(15-16-17-18)9-14-6-7-19-3/h4-5,8,10,13-14H,6-7,9H2,1-3H3. The first-order valence-electron chi connectivity index (χ1n) is 6.73. The molecular formula is C13H21N5OS. The van der Waals surface area contributed by atoms with E-state index in [2.05, 4.69) is 52.2 Å². The van der Waals surface area contributed by atoms with Crippen molar-refractivity contribution in [1.82, 2.24) is 25.5 Å². The Labute approximate surface area is 123 Å². The van der Waals surface area contributed by atoms with Crippen LogP contribution in [0.2, 0.25) is 0 Å². The number of hydrogen-bond donors (Lipinski definition) is 1. The van der Waals surface area contributed by atoms with Crippen LogP contribution >= 0.6 is 11.3 Å². The van der Waals surface area contributed by atoms with Gasteiger partial charge in [-0.1, -0.05) is 19.9 Å². The summed E-state index contributed by atoms with van der Waals surface area (Å²) < 4.78 is 6.94. The van der Waals surface area contributed by atoms with Gasteiger partial charge < -0.3 is 10.1 Å². The van der Waals surface area contributed by atoms with Gasteiger partial charge in [0.25, 0.3) is 0 Å². The Morgan fingerprint density at radius 1 is 1.45 bits per heavy atom. The third-order valence-corrected chi connectivity index (χ3v) is 4.00. The van der Waals surface area contributed by atoms with Crippen LogP contribution in [0.4, 0.5) is 0 Å². The molecule has 7 heteroatoms. The van der Waals surface area contributed by atoms with Crippen LogP contribution in [-0.4, -0.2) is 40.5 Å². The second-order valence-corrected chi connectivity index (χ2v) is 5.89. The van der Waals surface area contributed by atoms with Gasteiger partial charge in [0.1, 0.15) is 0 Å². The van der Waals surface area contributed by atoms with Crippen molar-refractivity contribution in [1.29, 1.82) is 0 Å². The van der Waals surface area contributed by atoms with Crippen molar-refractivity contribution in [3.8, 4) is 0 Å². The second-order valence-electron chi connectivity index (χ2n) is 4.91. The minimum absolute atomic E-state index is 0.184. The van der Waals surface area contributed by atoms with Crippen molar-refractivity contribution < 1.29 is 4.74 Å². The fraction of sp³-hybridized carbons (Fsp3) is 0.615. The maximum Gasteiger partial charge on any atom is 0.165 e. The van der Waals surface area contributed by atoms with Crippen LogP contribution in [0.25, 0.3) is 0 Å². The molecule has 0 saturated heterocycles. The van der Waals surface area contributed by atoms with E-state index in [0.717, 1.165) is 12.4 Å². The number of aromatic nitrogens is 4. The minimum atomic E-state index is 0.184. The normalized spacial score (nSPS) is 13.0. The van der Waals surface area contributed by atoms with Gasteiger partial charge in [-0.15, -0.1) is 16.4 Å². The molecule has 2 rings (SSSR count). The number of rotatable bonds is 8. The average Bonchev–Trinajstić information content (AvgIpc) is 3.07. The van der Waals surface area contributed by atoms with Crippen molar-refractivity contribution in [3.05, 3.63) is 28.2 Å². The van der Waals surface area contributed by atoms with Crippen LogP contribution in [0.5, 0.6) is 0 Å². The van der Waals surface area contributed by atoms with Crippen molar-refractivity contribution in [3.63, 3.8) is 0 Å². The summed E-state index contributed by atoms with van der Waals surface area (Å²) in [5.41, 5.74) is 0.